The van der Waals surface area contributed by atoms with Crippen LogP contribution in [0.3, 0.4) is 0 Å². The zero-order chi connectivity index (χ0) is 34.4. The number of nitrogens with zero attached hydrogens (tertiary/aromatic N) is 1. The summed E-state index contributed by atoms with van der Waals surface area (Å²) in [4.78, 5) is 2.45. The van der Waals surface area contributed by atoms with E-state index in [9.17, 15) is 0 Å². The van der Waals surface area contributed by atoms with E-state index in [4.69, 9.17) is 0 Å². The van der Waals surface area contributed by atoms with Crippen molar-refractivity contribution in [2.24, 2.45) is 5.92 Å². The van der Waals surface area contributed by atoms with E-state index in [0.717, 1.165) is 5.69 Å². The first kappa shape index (κ1) is 29.6. The van der Waals surface area contributed by atoms with Gasteiger partial charge < -0.3 is 4.90 Å². The fourth-order valence-corrected chi connectivity index (χ4v) is 10.8. The predicted octanol–water partition coefficient (Wildman–Crippen LogP) is 13.2. The summed E-state index contributed by atoms with van der Waals surface area (Å²) in [7, 11) is 0. The Hall–Kier alpha value is -6.14. The minimum atomic E-state index is -0.536. The molecule has 2 heterocycles. The van der Waals surface area contributed by atoms with Crippen LogP contribution in [0.15, 0.2) is 175 Å². The molecule has 2 atom stereocenters. The molecule has 7 aromatic carbocycles. The van der Waals surface area contributed by atoms with Crippen molar-refractivity contribution < 1.29 is 0 Å². The van der Waals surface area contributed by atoms with Crippen LogP contribution in [0.25, 0.3) is 36.9 Å². The van der Waals surface area contributed by atoms with Crippen LogP contribution in [0.5, 0.6) is 0 Å². The first-order valence-corrected chi connectivity index (χ1v) is 19.0. The number of hydrogen-bond donors (Lipinski definition) is 0. The maximum absolute atomic E-state index is 3.73. The third kappa shape index (κ3) is 3.95. The van der Waals surface area contributed by atoms with Gasteiger partial charge in [-0.05, 0) is 92.9 Å². The molecule has 0 N–H and O–H groups in total. The number of thiophene rings is 1. The van der Waals surface area contributed by atoms with Crippen molar-refractivity contribution in [2.75, 3.05) is 4.90 Å². The minimum Gasteiger partial charge on any atom is -0.310 e. The van der Waals surface area contributed by atoms with Gasteiger partial charge in [-0.3, -0.25) is 0 Å². The second-order valence-electron chi connectivity index (χ2n) is 14.3. The first-order valence-electron chi connectivity index (χ1n) is 18.1. The Morgan fingerprint density at radius 1 is 0.635 bits per heavy atom. The van der Waals surface area contributed by atoms with Crippen LogP contribution in [0.2, 0.25) is 0 Å². The van der Waals surface area contributed by atoms with Crippen LogP contribution in [0.1, 0.15) is 40.7 Å². The fraction of sp³-hybridized carbons (Fsp3) is 0.0800. The van der Waals surface area contributed by atoms with E-state index in [-0.39, 0.29) is 11.8 Å². The Balaban J connectivity index is 1.13. The van der Waals surface area contributed by atoms with Crippen molar-refractivity contribution >= 4 is 54.1 Å². The van der Waals surface area contributed by atoms with Crippen molar-refractivity contribution in [2.45, 2.75) is 18.3 Å². The summed E-state index contributed by atoms with van der Waals surface area (Å²) in [5.74, 6) is 0.441. The average Bonchev–Trinajstić information content (AvgIpc) is 3.73. The van der Waals surface area contributed by atoms with Gasteiger partial charge in [0.05, 0.1) is 16.8 Å². The zero-order valence-electron chi connectivity index (χ0n) is 28.7. The highest BCUT2D eigenvalue weighted by Gasteiger charge is 2.56. The average molecular weight is 680 g/mol. The molecule has 0 bridgehead atoms. The van der Waals surface area contributed by atoms with Crippen molar-refractivity contribution in [1.82, 2.24) is 0 Å². The molecule has 0 amide bonds. The molecule has 3 aliphatic rings. The van der Waals surface area contributed by atoms with Crippen LogP contribution in [0.4, 0.5) is 17.1 Å². The highest BCUT2D eigenvalue weighted by atomic mass is 32.1. The lowest BCUT2D eigenvalue weighted by Crippen LogP contribution is -2.39. The molecule has 0 fully saturated rings. The lowest BCUT2D eigenvalue weighted by Gasteiger charge is -2.48. The summed E-state index contributed by atoms with van der Waals surface area (Å²) < 4.78 is 2.69. The molecule has 2 unspecified atom stereocenters. The van der Waals surface area contributed by atoms with E-state index in [1.54, 1.807) is 0 Å². The van der Waals surface area contributed by atoms with Crippen molar-refractivity contribution in [3.05, 3.63) is 215 Å². The van der Waals surface area contributed by atoms with E-state index in [1.807, 2.05) is 17.4 Å². The Morgan fingerprint density at radius 3 is 2.12 bits per heavy atom. The number of anilines is 3. The molecule has 1 aromatic heterocycles. The van der Waals surface area contributed by atoms with E-state index in [2.05, 4.69) is 188 Å². The van der Waals surface area contributed by atoms with E-state index in [1.165, 1.54) is 81.6 Å². The van der Waals surface area contributed by atoms with Gasteiger partial charge in [-0.15, -0.1) is 11.3 Å². The molecule has 52 heavy (non-hydrogen) atoms. The minimum absolute atomic E-state index is 0.152. The van der Waals surface area contributed by atoms with Gasteiger partial charge in [0.1, 0.15) is 0 Å². The molecule has 1 nitrogen and oxygen atoms in total. The number of para-hydroxylation sites is 3. The lowest BCUT2D eigenvalue weighted by molar-refractivity contribution is 0.546. The second kappa shape index (κ2) is 11.2. The van der Waals surface area contributed by atoms with Gasteiger partial charge in [0.15, 0.2) is 0 Å². The van der Waals surface area contributed by atoms with Crippen molar-refractivity contribution in [1.29, 1.82) is 0 Å². The number of fused-ring (bicyclic) bond motifs is 11. The smallest absolute Gasteiger partial charge is 0.0802 e. The third-order valence-electron chi connectivity index (χ3n) is 11.7. The maximum atomic E-state index is 3.73. The van der Waals surface area contributed by atoms with Crippen LogP contribution in [-0.2, 0) is 5.41 Å². The Kier molecular flexibility index (Phi) is 6.36. The van der Waals surface area contributed by atoms with E-state index >= 15 is 0 Å². The monoisotopic (exact) mass is 679 g/mol. The molecule has 0 saturated carbocycles. The molecule has 8 aromatic rings. The summed E-state index contributed by atoms with van der Waals surface area (Å²) in [5, 5.41) is 2.67. The number of allylic oxidation sites excluding steroid dienone is 4. The molecule has 1 aliphatic heterocycles. The molecular formula is C50H33NS. The molecule has 0 radical (unpaired) electrons. The summed E-state index contributed by atoms with van der Waals surface area (Å²) >= 11 is 1.89. The van der Waals surface area contributed by atoms with Crippen molar-refractivity contribution in [3.63, 3.8) is 0 Å². The van der Waals surface area contributed by atoms with Crippen molar-refractivity contribution in [3.8, 4) is 11.1 Å². The quantitative estimate of drug-likeness (QED) is 0.180. The van der Waals surface area contributed by atoms with Gasteiger partial charge >= 0.3 is 0 Å². The van der Waals surface area contributed by atoms with Gasteiger partial charge in [0.25, 0.3) is 0 Å². The highest BCUT2D eigenvalue weighted by molar-refractivity contribution is 7.26. The lowest BCUT2D eigenvalue weighted by atomic mass is 9.58. The number of hydrogen-bond acceptors (Lipinski definition) is 2. The summed E-state index contributed by atoms with van der Waals surface area (Å²) in [6.07, 6.45) is 4.81. The van der Waals surface area contributed by atoms with Gasteiger partial charge in [0.2, 0.25) is 0 Å². The number of rotatable bonds is 3. The molecule has 2 aliphatic carbocycles. The number of benzene rings is 6. The van der Waals surface area contributed by atoms with Crippen LogP contribution in [0, 0.1) is 18.1 Å². The normalized spacial score (nSPS) is 17.9. The Labute approximate surface area is 308 Å². The van der Waals surface area contributed by atoms with Gasteiger partial charge in [-0.1, -0.05) is 146 Å². The van der Waals surface area contributed by atoms with Crippen LogP contribution >= 0.6 is 11.3 Å². The van der Waals surface area contributed by atoms with E-state index < -0.39 is 5.41 Å². The Bertz CT molecular complexity index is 2720. The summed E-state index contributed by atoms with van der Waals surface area (Å²) in [6.45, 7) is 2.39. The Morgan fingerprint density at radius 2 is 1.33 bits per heavy atom. The molecule has 11 rings (SSSR count). The fourth-order valence-electron chi connectivity index (χ4n) is 9.57. The highest BCUT2D eigenvalue weighted by Crippen LogP contribution is 2.66. The van der Waals surface area contributed by atoms with Gasteiger partial charge in [-0.2, -0.15) is 0 Å². The van der Waals surface area contributed by atoms with Gasteiger partial charge in [0, 0.05) is 37.3 Å². The summed E-state index contributed by atoms with van der Waals surface area (Å²) in [6, 6.07) is 65.3. The van der Waals surface area contributed by atoms with Crippen LogP contribution in [-0.4, -0.2) is 0 Å². The second-order valence-corrected chi connectivity index (χ2v) is 15.3. The molecule has 244 valence electrons. The first-order chi connectivity index (χ1) is 25.7. The zero-order valence-corrected chi connectivity index (χ0v) is 29.5. The van der Waals surface area contributed by atoms with Gasteiger partial charge in [-0.25, -0.2) is 0 Å². The van der Waals surface area contributed by atoms with E-state index in [0.29, 0.717) is 0 Å². The molecule has 2 heteroatoms. The molecule has 0 saturated heterocycles. The predicted molar refractivity (Wildman–Crippen MR) is 218 cm³/mol. The maximum Gasteiger partial charge on any atom is 0.0802 e. The third-order valence-corrected chi connectivity index (χ3v) is 12.9. The largest absolute Gasteiger partial charge is 0.310 e. The SMILES string of the molecule is CC1C=CC2=C(C1c1ccc(-c3cccc4c3sc3ccccc34)cc1)C1(c3c#cccc32)c2ccccc2N(c2ccccc2)c2ccccc21. The topological polar surface area (TPSA) is 3.24 Å². The summed E-state index contributed by atoms with van der Waals surface area (Å²) in [5.41, 5.74) is 14.7. The standard InChI is InChI=1S/C50H33NS/c1-32-26-31-39-37-16-5-7-20-41(37)50(42-21-8-10-23-44(42)51(35-14-3-2-4-15-35)45-24-11-9-22-43(45)50)48(39)47(32)34-29-27-33(28-30-34)36-18-13-19-40-38-17-6-12-25-46(38)52-49(36)40/h2-6,8-19,21-32,47H,1H3. The van der Waals surface area contributed by atoms with Crippen LogP contribution < -0.4 is 4.90 Å². The molecular weight excluding hydrogens is 647 g/mol. The molecule has 1 spiro atoms.